The Kier molecular flexibility index (Phi) is 4.27. The van der Waals surface area contributed by atoms with Gasteiger partial charge in [-0.2, -0.15) is 17.5 Å². The summed E-state index contributed by atoms with van der Waals surface area (Å²) >= 11 is 0. The largest absolute Gasteiger partial charge is 0.433 e. The van der Waals surface area contributed by atoms with E-state index in [9.17, 15) is 26.7 Å². The quantitative estimate of drug-likeness (QED) is 0.915. The lowest BCUT2D eigenvalue weighted by molar-refractivity contribution is -0.141. The predicted octanol–water partition coefficient (Wildman–Crippen LogP) is 2.02. The van der Waals surface area contributed by atoms with E-state index in [1.165, 1.54) is 13.8 Å². The molecule has 2 heterocycles. The standard InChI is InChI=1S/C13H17F3N2O3S/c1-12(2,19)11-4-3-7-18(11)22(20,21)9-5-6-10(17-8-9)13(14,15)16/h5-6,8,11,19H,3-4,7H2,1-2H3/t11-/m0/s1. The summed E-state index contributed by atoms with van der Waals surface area (Å²) in [4.78, 5) is 2.87. The summed E-state index contributed by atoms with van der Waals surface area (Å²) in [6, 6.07) is 0.923. The summed E-state index contributed by atoms with van der Waals surface area (Å²) in [5.41, 5.74) is -2.38. The van der Waals surface area contributed by atoms with Gasteiger partial charge in [-0.15, -0.1) is 0 Å². The van der Waals surface area contributed by atoms with Gasteiger partial charge in [0.15, 0.2) is 0 Å². The van der Waals surface area contributed by atoms with Gasteiger partial charge >= 0.3 is 6.18 Å². The highest BCUT2D eigenvalue weighted by molar-refractivity contribution is 7.89. The highest BCUT2D eigenvalue weighted by Crippen LogP contribution is 2.33. The molecule has 1 N–H and O–H groups in total. The highest BCUT2D eigenvalue weighted by atomic mass is 32.2. The SMILES string of the molecule is CC(C)(O)[C@@H]1CCCN1S(=O)(=O)c1ccc(C(F)(F)F)nc1. The minimum absolute atomic E-state index is 0.220. The number of pyridine rings is 1. The van der Waals surface area contributed by atoms with E-state index in [4.69, 9.17) is 0 Å². The zero-order valence-electron chi connectivity index (χ0n) is 12.1. The van der Waals surface area contributed by atoms with Crippen molar-refractivity contribution >= 4 is 10.0 Å². The summed E-state index contributed by atoms with van der Waals surface area (Å²) in [6.07, 6.45) is -2.83. The molecular formula is C13H17F3N2O3S. The Labute approximate surface area is 126 Å². The van der Waals surface area contributed by atoms with E-state index in [2.05, 4.69) is 4.98 Å². The molecule has 0 aliphatic carbocycles. The van der Waals surface area contributed by atoms with Gasteiger partial charge in [-0.05, 0) is 38.8 Å². The van der Waals surface area contributed by atoms with Gasteiger partial charge in [0.1, 0.15) is 10.6 Å². The van der Waals surface area contributed by atoms with Gasteiger partial charge in [0.05, 0.1) is 11.6 Å². The monoisotopic (exact) mass is 338 g/mol. The minimum Gasteiger partial charge on any atom is -0.389 e. The van der Waals surface area contributed by atoms with Crippen molar-refractivity contribution in [2.24, 2.45) is 0 Å². The molecule has 1 aromatic rings. The van der Waals surface area contributed by atoms with Crippen molar-refractivity contribution in [1.82, 2.24) is 9.29 Å². The number of halogens is 3. The van der Waals surface area contributed by atoms with E-state index in [-0.39, 0.29) is 11.4 Å². The molecule has 0 radical (unpaired) electrons. The van der Waals surface area contributed by atoms with Crippen LogP contribution in [0.15, 0.2) is 23.2 Å². The van der Waals surface area contributed by atoms with Crippen LogP contribution in [-0.2, 0) is 16.2 Å². The van der Waals surface area contributed by atoms with Crippen molar-refractivity contribution in [3.05, 3.63) is 24.0 Å². The maximum atomic E-state index is 12.5. The van der Waals surface area contributed by atoms with Crippen molar-refractivity contribution < 1.29 is 26.7 Å². The van der Waals surface area contributed by atoms with Crippen LogP contribution < -0.4 is 0 Å². The van der Waals surface area contributed by atoms with Gasteiger partial charge in [-0.25, -0.2) is 8.42 Å². The zero-order valence-corrected chi connectivity index (χ0v) is 12.9. The van der Waals surface area contributed by atoms with E-state index in [0.29, 0.717) is 25.1 Å². The van der Waals surface area contributed by atoms with Crippen molar-refractivity contribution in [3.63, 3.8) is 0 Å². The number of nitrogens with zero attached hydrogens (tertiary/aromatic N) is 2. The Morgan fingerprint density at radius 3 is 2.41 bits per heavy atom. The van der Waals surface area contributed by atoms with Gasteiger partial charge in [0.25, 0.3) is 0 Å². The van der Waals surface area contributed by atoms with E-state index in [1.54, 1.807) is 0 Å². The molecule has 1 fully saturated rings. The molecule has 1 aliphatic heterocycles. The fourth-order valence-corrected chi connectivity index (χ4v) is 4.33. The number of alkyl halides is 3. The Morgan fingerprint density at radius 1 is 1.32 bits per heavy atom. The van der Waals surface area contributed by atoms with Gasteiger partial charge in [0, 0.05) is 12.7 Å². The Hall–Kier alpha value is -1.19. The molecule has 0 unspecified atom stereocenters. The van der Waals surface area contributed by atoms with Crippen LogP contribution in [0.25, 0.3) is 0 Å². The van der Waals surface area contributed by atoms with E-state index >= 15 is 0 Å². The zero-order chi connectivity index (χ0) is 16.8. The Morgan fingerprint density at radius 2 is 1.95 bits per heavy atom. The topological polar surface area (TPSA) is 70.5 Å². The second kappa shape index (κ2) is 5.47. The molecule has 0 amide bonds. The third kappa shape index (κ3) is 3.26. The third-order valence-corrected chi connectivity index (χ3v) is 5.54. The second-order valence-corrected chi connectivity index (χ2v) is 7.69. The lowest BCUT2D eigenvalue weighted by atomic mass is 9.98. The Balaban J connectivity index is 2.34. The maximum Gasteiger partial charge on any atom is 0.433 e. The molecule has 22 heavy (non-hydrogen) atoms. The summed E-state index contributed by atoms with van der Waals surface area (Å²) in [5.74, 6) is 0. The fraction of sp³-hybridized carbons (Fsp3) is 0.615. The first kappa shape index (κ1) is 17.2. The van der Waals surface area contributed by atoms with Gasteiger partial charge in [0.2, 0.25) is 10.0 Å². The van der Waals surface area contributed by atoms with Crippen LogP contribution in [0.2, 0.25) is 0 Å². The second-order valence-electron chi connectivity index (χ2n) is 5.80. The third-order valence-electron chi connectivity index (χ3n) is 3.65. The Bertz CT molecular complexity index is 636. The van der Waals surface area contributed by atoms with E-state index in [0.717, 1.165) is 10.4 Å². The highest BCUT2D eigenvalue weighted by Gasteiger charge is 2.43. The van der Waals surface area contributed by atoms with Crippen LogP contribution in [-0.4, -0.2) is 41.0 Å². The van der Waals surface area contributed by atoms with Crippen LogP contribution in [0.5, 0.6) is 0 Å². The van der Waals surface area contributed by atoms with Crippen LogP contribution in [0, 0.1) is 0 Å². The number of sulfonamides is 1. The molecule has 0 bridgehead atoms. The van der Waals surface area contributed by atoms with E-state index in [1.807, 2.05) is 0 Å². The molecule has 0 aromatic carbocycles. The first-order chi connectivity index (χ1) is 9.94. The van der Waals surface area contributed by atoms with Crippen molar-refractivity contribution in [2.45, 2.75) is 49.4 Å². The average Bonchev–Trinajstić information content (AvgIpc) is 2.87. The molecule has 9 heteroatoms. The summed E-state index contributed by atoms with van der Waals surface area (Å²) in [6.45, 7) is 3.24. The van der Waals surface area contributed by atoms with Gasteiger partial charge in [-0.1, -0.05) is 0 Å². The maximum absolute atomic E-state index is 12.5. The lowest BCUT2D eigenvalue weighted by Crippen LogP contribution is -2.48. The molecular weight excluding hydrogens is 321 g/mol. The molecule has 5 nitrogen and oxygen atoms in total. The van der Waals surface area contributed by atoms with Crippen LogP contribution >= 0.6 is 0 Å². The number of aliphatic hydroxyl groups is 1. The molecule has 124 valence electrons. The van der Waals surface area contributed by atoms with Crippen molar-refractivity contribution in [1.29, 1.82) is 0 Å². The van der Waals surface area contributed by atoms with Crippen LogP contribution in [0.3, 0.4) is 0 Å². The summed E-state index contributed by atoms with van der Waals surface area (Å²) in [5, 5.41) is 10.1. The molecule has 0 spiro atoms. The predicted molar refractivity (Wildman–Crippen MR) is 72.5 cm³/mol. The average molecular weight is 338 g/mol. The molecule has 1 saturated heterocycles. The van der Waals surface area contributed by atoms with Gasteiger partial charge in [-0.3, -0.25) is 4.98 Å². The van der Waals surface area contributed by atoms with Crippen molar-refractivity contribution in [3.8, 4) is 0 Å². The number of rotatable bonds is 3. The fourth-order valence-electron chi connectivity index (χ4n) is 2.57. The first-order valence-corrected chi connectivity index (χ1v) is 8.15. The summed E-state index contributed by atoms with van der Waals surface area (Å²) in [7, 11) is -3.99. The smallest absolute Gasteiger partial charge is 0.389 e. The molecule has 1 aromatic heterocycles. The normalized spacial score (nSPS) is 21.3. The van der Waals surface area contributed by atoms with Gasteiger partial charge < -0.3 is 5.11 Å². The summed E-state index contributed by atoms with van der Waals surface area (Å²) < 4.78 is 63.7. The molecule has 2 rings (SSSR count). The number of hydrogen-bond acceptors (Lipinski definition) is 4. The number of hydrogen-bond donors (Lipinski definition) is 1. The van der Waals surface area contributed by atoms with Crippen LogP contribution in [0.4, 0.5) is 13.2 Å². The molecule has 1 atom stereocenters. The first-order valence-electron chi connectivity index (χ1n) is 6.71. The molecule has 0 saturated carbocycles. The van der Waals surface area contributed by atoms with E-state index < -0.39 is 33.5 Å². The number of aromatic nitrogens is 1. The van der Waals surface area contributed by atoms with Crippen LogP contribution in [0.1, 0.15) is 32.4 Å². The minimum atomic E-state index is -4.62. The lowest BCUT2D eigenvalue weighted by Gasteiger charge is -2.32. The van der Waals surface area contributed by atoms with Crippen molar-refractivity contribution in [2.75, 3.05) is 6.54 Å². The molecule has 1 aliphatic rings.